The summed E-state index contributed by atoms with van der Waals surface area (Å²) in [6.45, 7) is 4.60. The van der Waals surface area contributed by atoms with E-state index in [-0.39, 0.29) is 0 Å². The van der Waals surface area contributed by atoms with E-state index in [4.69, 9.17) is 0 Å². The molecule has 0 spiro atoms. The Bertz CT molecular complexity index is 406. The van der Waals surface area contributed by atoms with Crippen molar-refractivity contribution in [3.63, 3.8) is 0 Å². The topological polar surface area (TPSA) is 0 Å². The van der Waals surface area contributed by atoms with Crippen molar-refractivity contribution in [1.29, 1.82) is 0 Å². The van der Waals surface area contributed by atoms with E-state index in [9.17, 15) is 0 Å². The molecule has 0 fully saturated rings. The molecule has 0 unspecified atom stereocenters. The first-order chi connectivity index (χ1) is 10.3. The minimum atomic E-state index is -0.656. The molecule has 0 N–H and O–H groups in total. The summed E-state index contributed by atoms with van der Waals surface area (Å²) in [7, 11) is 0. The fraction of sp³-hybridized carbons (Fsp3) is 0.600. The van der Waals surface area contributed by atoms with Gasteiger partial charge in [-0.3, -0.25) is 0 Å². The van der Waals surface area contributed by atoms with Gasteiger partial charge in [-0.1, -0.05) is 0 Å². The van der Waals surface area contributed by atoms with Crippen molar-refractivity contribution in [2.45, 2.75) is 78.1 Å². The Morgan fingerprint density at radius 1 is 0.762 bits per heavy atom. The molecule has 0 heterocycles. The molecule has 0 aromatic rings. The van der Waals surface area contributed by atoms with E-state index in [0.717, 1.165) is 0 Å². The van der Waals surface area contributed by atoms with Gasteiger partial charge >= 0.3 is 139 Å². The van der Waals surface area contributed by atoms with Gasteiger partial charge in [0.1, 0.15) is 0 Å². The van der Waals surface area contributed by atoms with E-state index < -0.39 is 17.1 Å². The zero-order valence-electron chi connectivity index (χ0n) is 14.1. The molecule has 0 nitrogen and oxygen atoms in total. The average Bonchev–Trinajstić information content (AvgIpc) is 3.10. The van der Waals surface area contributed by atoms with Crippen molar-refractivity contribution in [3.05, 3.63) is 43.8 Å². The number of hydrogen-bond acceptors (Lipinski definition) is 0. The number of rotatable bonds is 10. The van der Waals surface area contributed by atoms with Crippen molar-refractivity contribution in [1.82, 2.24) is 0 Å². The summed E-state index contributed by atoms with van der Waals surface area (Å²) in [6, 6.07) is 0. The summed E-state index contributed by atoms with van der Waals surface area (Å²) < 4.78 is 3.79. The molecule has 21 heavy (non-hydrogen) atoms. The molecule has 0 saturated heterocycles. The van der Waals surface area contributed by atoms with Crippen molar-refractivity contribution < 1.29 is 17.1 Å². The summed E-state index contributed by atoms with van der Waals surface area (Å²) in [6.07, 6.45) is 23.2. The molecule has 0 saturated carbocycles. The van der Waals surface area contributed by atoms with Crippen LogP contribution in [0.15, 0.2) is 43.8 Å². The first-order valence-electron chi connectivity index (χ1n) is 9.10. The molecule has 112 valence electrons. The van der Waals surface area contributed by atoms with Crippen LogP contribution in [0.25, 0.3) is 0 Å². The molecule has 0 aromatic heterocycles. The predicted octanol–water partition coefficient (Wildman–Crippen LogP) is 6.66. The van der Waals surface area contributed by atoms with Crippen LogP contribution in [0.3, 0.4) is 0 Å². The van der Waals surface area contributed by atoms with Gasteiger partial charge in [-0.2, -0.15) is 0 Å². The van der Waals surface area contributed by atoms with Crippen LogP contribution < -0.4 is 0 Å². The summed E-state index contributed by atoms with van der Waals surface area (Å²) >= 11 is -0.656. The third-order valence-electron chi connectivity index (χ3n) is 4.80. The molecular formula is C20H30Zn. The first-order valence-corrected chi connectivity index (χ1v) is 12.1. The number of hydrogen-bond donors (Lipinski definition) is 0. The SMILES string of the molecule is CCCCCC1=[C]([Zn][C]2=C(CCCCC)C=CC2)CC=C1. The van der Waals surface area contributed by atoms with Crippen LogP contribution >= 0.6 is 0 Å². The van der Waals surface area contributed by atoms with Crippen LogP contribution in [0.5, 0.6) is 0 Å². The molecule has 0 aliphatic heterocycles. The van der Waals surface area contributed by atoms with Crippen LogP contribution in [-0.4, -0.2) is 0 Å². The summed E-state index contributed by atoms with van der Waals surface area (Å²) in [5, 5.41) is 0. The van der Waals surface area contributed by atoms with Gasteiger partial charge in [0.15, 0.2) is 0 Å². The minimum absolute atomic E-state index is 0.656. The fourth-order valence-corrected chi connectivity index (χ4v) is 8.04. The van der Waals surface area contributed by atoms with Gasteiger partial charge in [0.2, 0.25) is 0 Å². The summed E-state index contributed by atoms with van der Waals surface area (Å²) in [4.78, 5) is 0. The molecule has 0 bridgehead atoms. The second-order valence-electron chi connectivity index (χ2n) is 6.56. The van der Waals surface area contributed by atoms with Crippen LogP contribution in [0.1, 0.15) is 78.1 Å². The van der Waals surface area contributed by atoms with E-state index in [1.54, 1.807) is 11.1 Å². The maximum absolute atomic E-state index is 2.44. The van der Waals surface area contributed by atoms with E-state index in [0.29, 0.717) is 0 Å². The second-order valence-corrected chi connectivity index (χ2v) is 10.9. The molecule has 2 aliphatic rings. The number of allylic oxidation sites excluding steroid dienone is 8. The second kappa shape index (κ2) is 9.57. The number of unbranched alkanes of at least 4 members (excludes halogenated alkanes) is 4. The van der Waals surface area contributed by atoms with E-state index >= 15 is 0 Å². The molecule has 1 heteroatoms. The molecule has 0 aromatic carbocycles. The average molecular weight is 336 g/mol. The fourth-order valence-electron chi connectivity index (χ4n) is 3.46. The van der Waals surface area contributed by atoms with E-state index in [1.165, 1.54) is 64.2 Å². The van der Waals surface area contributed by atoms with E-state index in [2.05, 4.69) is 38.2 Å². The van der Waals surface area contributed by atoms with Gasteiger partial charge in [-0.15, -0.1) is 0 Å². The zero-order valence-corrected chi connectivity index (χ0v) is 17.1. The van der Waals surface area contributed by atoms with Crippen molar-refractivity contribution in [2.24, 2.45) is 0 Å². The van der Waals surface area contributed by atoms with Gasteiger partial charge < -0.3 is 0 Å². The normalized spacial score (nSPS) is 17.2. The monoisotopic (exact) mass is 334 g/mol. The van der Waals surface area contributed by atoms with Gasteiger partial charge in [0.05, 0.1) is 0 Å². The van der Waals surface area contributed by atoms with Crippen LogP contribution in [0, 0.1) is 0 Å². The van der Waals surface area contributed by atoms with Gasteiger partial charge in [0, 0.05) is 0 Å². The Labute approximate surface area is 139 Å². The molecule has 0 amide bonds. The van der Waals surface area contributed by atoms with E-state index in [1.807, 2.05) is 8.33 Å². The van der Waals surface area contributed by atoms with Crippen molar-refractivity contribution in [3.8, 4) is 0 Å². The van der Waals surface area contributed by atoms with Gasteiger partial charge in [-0.05, 0) is 0 Å². The molecular weight excluding hydrogens is 306 g/mol. The Balaban J connectivity index is 1.92. The van der Waals surface area contributed by atoms with Gasteiger partial charge in [0.25, 0.3) is 0 Å². The molecule has 0 atom stereocenters. The quantitative estimate of drug-likeness (QED) is 0.309. The van der Waals surface area contributed by atoms with Crippen LogP contribution in [0.4, 0.5) is 0 Å². The summed E-state index contributed by atoms with van der Waals surface area (Å²) in [5.74, 6) is 0. The van der Waals surface area contributed by atoms with Gasteiger partial charge in [-0.25, -0.2) is 0 Å². The van der Waals surface area contributed by atoms with Crippen LogP contribution in [0.2, 0.25) is 0 Å². The Hall–Kier alpha value is -0.417. The predicted molar refractivity (Wildman–Crippen MR) is 89.9 cm³/mol. The van der Waals surface area contributed by atoms with Crippen molar-refractivity contribution in [2.75, 3.05) is 0 Å². The zero-order chi connectivity index (χ0) is 14.9. The Morgan fingerprint density at radius 2 is 1.24 bits per heavy atom. The Kier molecular flexibility index (Phi) is 7.72. The first kappa shape index (κ1) is 16.9. The third-order valence-corrected chi connectivity index (χ3v) is 9.71. The third kappa shape index (κ3) is 5.37. The standard InChI is InChI=1S/2C10H15.Zn/c2*1-2-3-4-7-10-8-5-6-9-10;/h2*5,8H,2-4,6-7H2,1H3;. The molecule has 0 radical (unpaired) electrons. The summed E-state index contributed by atoms with van der Waals surface area (Å²) in [5.41, 5.74) is 3.46. The Morgan fingerprint density at radius 3 is 1.67 bits per heavy atom. The molecule has 2 aliphatic carbocycles. The van der Waals surface area contributed by atoms with Crippen molar-refractivity contribution >= 4 is 0 Å². The maximum atomic E-state index is 2.44. The van der Waals surface area contributed by atoms with Crippen LogP contribution in [-0.2, 0) is 17.1 Å². The molecule has 2 rings (SSSR count).